The van der Waals surface area contributed by atoms with Crippen LogP contribution in [-0.4, -0.2) is 119 Å². The molecule has 44 heavy (non-hydrogen) atoms. The van der Waals surface area contributed by atoms with E-state index in [2.05, 4.69) is 25.6 Å². The monoisotopic (exact) mass is 622 g/mol. The van der Waals surface area contributed by atoms with E-state index in [1.165, 1.54) is 0 Å². The highest BCUT2D eigenvalue weighted by Gasteiger charge is 2.29. The van der Waals surface area contributed by atoms with Gasteiger partial charge in [0.2, 0.25) is 5.95 Å². The van der Waals surface area contributed by atoms with E-state index in [-0.39, 0.29) is 30.9 Å². The van der Waals surface area contributed by atoms with Gasteiger partial charge in [-0.1, -0.05) is 12.1 Å². The number of rotatable bonds is 15. The smallest absolute Gasteiger partial charge is 0.326 e. The predicted octanol–water partition coefficient (Wildman–Crippen LogP) is -2.69. The van der Waals surface area contributed by atoms with Crippen molar-refractivity contribution < 1.29 is 50.1 Å². The molecule has 0 bridgehead atoms. The zero-order valence-corrected chi connectivity index (χ0v) is 23.8. The molecule has 0 saturated carbocycles. The van der Waals surface area contributed by atoms with Crippen LogP contribution in [0.2, 0.25) is 0 Å². The van der Waals surface area contributed by atoms with Gasteiger partial charge in [-0.3, -0.25) is 14.4 Å². The Balaban J connectivity index is 0.000000439. The first-order valence-electron chi connectivity index (χ1n) is 13.5. The number of H-pyrrole nitrogens is 2. The van der Waals surface area contributed by atoms with Gasteiger partial charge in [-0.2, -0.15) is 4.98 Å². The molecule has 0 fully saturated rings. The van der Waals surface area contributed by atoms with E-state index >= 15 is 0 Å². The molecule has 0 aliphatic rings. The van der Waals surface area contributed by atoms with Crippen molar-refractivity contribution in [3.8, 4) is 0 Å². The molecule has 5 atom stereocenters. The van der Waals surface area contributed by atoms with Crippen molar-refractivity contribution >= 4 is 34.8 Å². The molecule has 17 heteroatoms. The second-order valence-corrected chi connectivity index (χ2v) is 9.84. The van der Waals surface area contributed by atoms with Crippen molar-refractivity contribution in [2.24, 2.45) is 0 Å². The van der Waals surface area contributed by atoms with Gasteiger partial charge in [0, 0.05) is 24.7 Å². The number of carboxylic acid groups (broad SMARTS) is 2. The van der Waals surface area contributed by atoms with Crippen LogP contribution in [-0.2, 0) is 22.4 Å². The number of aliphatic hydroxyl groups excluding tert-OH is 5. The van der Waals surface area contributed by atoms with E-state index < -0.39 is 60.5 Å². The minimum atomic E-state index is -1.55. The molecule has 0 aliphatic heterocycles. The van der Waals surface area contributed by atoms with Crippen molar-refractivity contribution in [1.29, 1.82) is 0 Å². The molecular weight excluding hydrogens is 584 g/mol. The lowest BCUT2D eigenvalue weighted by Crippen LogP contribution is -2.48. The Morgan fingerprint density at radius 3 is 2.20 bits per heavy atom. The van der Waals surface area contributed by atoms with Gasteiger partial charge in [0.15, 0.2) is 0 Å². The average molecular weight is 623 g/mol. The highest BCUT2D eigenvalue weighted by molar-refractivity contribution is 5.96. The number of aromatic nitrogens is 3. The second kappa shape index (κ2) is 17.0. The summed E-state index contributed by atoms with van der Waals surface area (Å²) >= 11 is 0. The number of aryl methyl sites for hydroxylation is 2. The SMILES string of the molecule is CNC[C@H](O)[C@@H](O)[C@H](O)[C@H](O)CO.Nc1nc(=O)c2c(CCc3ccc(C(=O)N[C@@H](CCC(=O)O)C(=O)O)cc3)c[nH]c2[nH]1. The molecule has 0 saturated heterocycles. The summed E-state index contributed by atoms with van der Waals surface area (Å²) in [7, 11) is 1.57. The molecular formula is C27H38N6O11. The zero-order chi connectivity index (χ0) is 33.0. The number of fused-ring (bicyclic) bond motifs is 1. The summed E-state index contributed by atoms with van der Waals surface area (Å²) < 4.78 is 0. The lowest BCUT2D eigenvalue weighted by molar-refractivity contribution is -0.140. The Labute approximate surface area is 250 Å². The number of aliphatic carboxylic acids is 2. The first-order chi connectivity index (χ1) is 20.8. The highest BCUT2D eigenvalue weighted by Crippen LogP contribution is 2.16. The third kappa shape index (κ3) is 10.4. The molecule has 0 aliphatic carbocycles. The number of aromatic amines is 2. The summed E-state index contributed by atoms with van der Waals surface area (Å²) in [6, 6.07) is 5.30. The van der Waals surface area contributed by atoms with Gasteiger partial charge < -0.3 is 62.1 Å². The Morgan fingerprint density at radius 1 is 1.00 bits per heavy atom. The number of anilines is 1. The second-order valence-electron chi connectivity index (χ2n) is 9.84. The lowest BCUT2D eigenvalue weighted by atomic mass is 10.0. The number of nitrogens with two attached hydrogens (primary N) is 1. The third-order valence-electron chi connectivity index (χ3n) is 6.54. The predicted molar refractivity (Wildman–Crippen MR) is 156 cm³/mol. The minimum absolute atomic E-state index is 0.0351. The maximum Gasteiger partial charge on any atom is 0.326 e. The molecule has 242 valence electrons. The quantitative estimate of drug-likeness (QED) is 0.0821. The third-order valence-corrected chi connectivity index (χ3v) is 6.54. The van der Waals surface area contributed by atoms with Crippen LogP contribution >= 0.6 is 0 Å². The number of aliphatic hydroxyl groups is 5. The summed E-state index contributed by atoms with van der Waals surface area (Å²) in [4.78, 5) is 55.7. The zero-order valence-electron chi connectivity index (χ0n) is 23.8. The van der Waals surface area contributed by atoms with Crippen LogP contribution in [0.1, 0.15) is 34.3 Å². The number of benzene rings is 1. The minimum Gasteiger partial charge on any atom is -0.481 e. The standard InChI is InChI=1S/C20H21N5O6.C7H17NO5/c21-20-24-16-15(18(29)25-20)12(9-22-16)6-3-10-1-4-11(5-2-10)17(28)23-13(19(30)31)7-8-14(26)27;1-8-2-4(10)6(12)7(13)5(11)3-9/h1-2,4-5,9,13H,3,6-8H2,(H,23,28)(H,26,27)(H,30,31)(H4,21,22,24,25,29);4-13H,2-3H2,1H3/t13-;4-,5+,6+,7+/m00/s1. The number of likely N-dealkylation sites (N-methyl/N-ethyl adjacent to an activating group) is 1. The van der Waals surface area contributed by atoms with Gasteiger partial charge in [-0.25, -0.2) is 4.79 Å². The summed E-state index contributed by atoms with van der Waals surface area (Å²) in [5.74, 6) is -3.00. The topological polar surface area (TPSA) is 304 Å². The number of nitrogens with zero attached hydrogens (tertiary/aromatic N) is 1. The fourth-order valence-corrected chi connectivity index (χ4v) is 4.09. The van der Waals surface area contributed by atoms with Crippen LogP contribution in [0.4, 0.5) is 5.95 Å². The number of hydrogen-bond acceptors (Lipinski definition) is 12. The Morgan fingerprint density at radius 2 is 1.64 bits per heavy atom. The van der Waals surface area contributed by atoms with E-state index in [1.54, 1.807) is 37.5 Å². The number of carbonyl (C=O) groups excluding carboxylic acids is 1. The van der Waals surface area contributed by atoms with E-state index in [0.29, 0.717) is 23.9 Å². The maximum absolute atomic E-state index is 12.3. The van der Waals surface area contributed by atoms with Gasteiger partial charge in [-0.05, 0) is 49.6 Å². The fourth-order valence-electron chi connectivity index (χ4n) is 4.09. The first kappa shape index (κ1) is 35.8. The molecule has 2 aromatic heterocycles. The van der Waals surface area contributed by atoms with Gasteiger partial charge in [0.05, 0.1) is 18.1 Å². The molecule has 1 amide bonds. The van der Waals surface area contributed by atoms with E-state index in [4.69, 9.17) is 36.4 Å². The van der Waals surface area contributed by atoms with E-state index in [9.17, 15) is 24.3 Å². The molecule has 0 spiro atoms. The molecule has 3 rings (SSSR count). The summed E-state index contributed by atoms with van der Waals surface area (Å²) in [6.07, 6.45) is -3.36. The lowest BCUT2D eigenvalue weighted by Gasteiger charge is -2.25. The Kier molecular flexibility index (Phi) is 13.9. The van der Waals surface area contributed by atoms with E-state index in [1.807, 2.05) is 0 Å². The Hall–Kier alpha value is -4.39. The average Bonchev–Trinajstić information content (AvgIpc) is 3.40. The van der Waals surface area contributed by atoms with Crippen molar-refractivity contribution in [3.63, 3.8) is 0 Å². The van der Waals surface area contributed by atoms with Crippen LogP contribution in [0.15, 0.2) is 35.3 Å². The van der Waals surface area contributed by atoms with Crippen LogP contribution in [0.25, 0.3) is 11.0 Å². The molecule has 3 aromatic rings. The number of hydrogen-bond donors (Lipinski definition) is 12. The van der Waals surface area contributed by atoms with Crippen molar-refractivity contribution in [3.05, 3.63) is 57.5 Å². The molecule has 2 heterocycles. The first-order valence-corrected chi connectivity index (χ1v) is 13.5. The van der Waals surface area contributed by atoms with Gasteiger partial charge >= 0.3 is 11.9 Å². The molecule has 13 N–H and O–H groups in total. The van der Waals surface area contributed by atoms with Gasteiger partial charge in [0.25, 0.3) is 11.5 Å². The van der Waals surface area contributed by atoms with Crippen molar-refractivity contribution in [1.82, 2.24) is 25.6 Å². The van der Waals surface area contributed by atoms with Crippen molar-refractivity contribution in [2.45, 2.75) is 56.1 Å². The number of carbonyl (C=O) groups is 3. The fraction of sp³-hybridized carbons (Fsp3) is 0.444. The van der Waals surface area contributed by atoms with Crippen molar-refractivity contribution in [2.75, 3.05) is 25.9 Å². The largest absolute Gasteiger partial charge is 0.481 e. The number of amides is 1. The van der Waals surface area contributed by atoms with Crippen LogP contribution in [0.5, 0.6) is 0 Å². The number of carboxylic acids is 2. The van der Waals surface area contributed by atoms with E-state index in [0.717, 1.165) is 11.1 Å². The van der Waals surface area contributed by atoms with Gasteiger partial charge in [-0.15, -0.1) is 0 Å². The van der Waals surface area contributed by atoms with Crippen LogP contribution in [0, 0.1) is 0 Å². The summed E-state index contributed by atoms with van der Waals surface area (Å²) in [6.45, 7) is -0.569. The summed E-state index contributed by atoms with van der Waals surface area (Å²) in [5.41, 5.74) is 7.59. The van der Waals surface area contributed by atoms with Crippen LogP contribution < -0.4 is 21.9 Å². The highest BCUT2D eigenvalue weighted by atomic mass is 16.4. The maximum atomic E-state index is 12.3. The normalized spacial score (nSPS) is 14.5. The molecule has 0 unspecified atom stereocenters. The number of nitrogens with one attached hydrogen (secondary N) is 4. The van der Waals surface area contributed by atoms with Gasteiger partial charge in [0.1, 0.15) is 30.0 Å². The number of nitrogen functional groups attached to an aromatic ring is 1. The molecule has 0 radical (unpaired) electrons. The molecule has 17 nitrogen and oxygen atoms in total. The van der Waals surface area contributed by atoms with Crippen LogP contribution in [0.3, 0.4) is 0 Å². The summed E-state index contributed by atoms with van der Waals surface area (Å²) in [5, 5.41) is 68.1. The molecule has 1 aromatic carbocycles. The Bertz CT molecular complexity index is 1440.